The van der Waals surface area contributed by atoms with E-state index in [1.54, 1.807) is 0 Å². The van der Waals surface area contributed by atoms with E-state index in [1.807, 2.05) is 0 Å². The topological polar surface area (TPSA) is 249 Å². The number of ether oxygens (including phenoxy) is 6. The van der Waals surface area contributed by atoms with Crippen LogP contribution in [0, 0.1) is 0 Å². The van der Waals surface area contributed by atoms with Crippen molar-refractivity contribution < 1.29 is 78.8 Å². The van der Waals surface area contributed by atoms with Gasteiger partial charge in [-0.05, 0) is 12.1 Å². The van der Waals surface area contributed by atoms with Gasteiger partial charge < -0.3 is 74.4 Å². The average molecular weight is 640 g/mol. The van der Waals surface area contributed by atoms with E-state index in [2.05, 4.69) is 0 Å². The molecule has 0 saturated carbocycles. The van der Waals surface area contributed by atoms with Crippen molar-refractivity contribution in [3.63, 3.8) is 0 Å². The summed E-state index contributed by atoms with van der Waals surface area (Å²) in [6.07, 6.45) is -16.0. The van der Waals surface area contributed by atoms with Gasteiger partial charge in [0.25, 0.3) is 0 Å². The second-order valence-corrected chi connectivity index (χ2v) is 10.5. The molecule has 2 aliphatic heterocycles. The van der Waals surface area contributed by atoms with Crippen LogP contribution in [0.5, 0.6) is 28.7 Å². The number of hydrogen-bond donors (Lipinski definition) is 9. The molecule has 0 aliphatic carbocycles. The molecular formula is C29H35O16+. The van der Waals surface area contributed by atoms with Crippen LogP contribution in [0.2, 0.25) is 0 Å². The van der Waals surface area contributed by atoms with Gasteiger partial charge in [0, 0.05) is 18.2 Å². The third-order valence-corrected chi connectivity index (χ3v) is 7.65. The van der Waals surface area contributed by atoms with Gasteiger partial charge in [0.1, 0.15) is 65.7 Å². The minimum Gasteiger partial charge on any atom is -0.504 e. The zero-order valence-electron chi connectivity index (χ0n) is 24.0. The molecular weight excluding hydrogens is 604 g/mol. The van der Waals surface area contributed by atoms with Crippen molar-refractivity contribution >= 4 is 11.0 Å². The Hall–Kier alpha value is -3.55. The van der Waals surface area contributed by atoms with E-state index in [-0.39, 0.29) is 45.5 Å². The van der Waals surface area contributed by atoms with Crippen LogP contribution in [0.15, 0.2) is 40.8 Å². The van der Waals surface area contributed by atoms with Crippen LogP contribution in [0.25, 0.3) is 22.3 Å². The fourth-order valence-electron chi connectivity index (χ4n) is 5.06. The van der Waals surface area contributed by atoms with Crippen LogP contribution in [0.3, 0.4) is 0 Å². The molecule has 0 radical (unpaired) electrons. The largest absolute Gasteiger partial charge is 0.504 e. The number of phenolic OH excluding ortho intramolecular Hbond substituents is 1. The number of fused-ring (bicyclic) bond motifs is 1. The minimum absolute atomic E-state index is 0.00445. The maximum atomic E-state index is 10.7. The monoisotopic (exact) mass is 639 g/mol. The fraction of sp³-hybridized carbons (Fsp3) is 0.483. The van der Waals surface area contributed by atoms with Crippen molar-refractivity contribution in [1.29, 1.82) is 0 Å². The Labute approximate surface area is 255 Å². The van der Waals surface area contributed by atoms with Crippen molar-refractivity contribution in [3.8, 4) is 40.1 Å². The zero-order valence-corrected chi connectivity index (χ0v) is 24.0. The number of hydrogen-bond acceptors (Lipinski definition) is 15. The first-order valence-electron chi connectivity index (χ1n) is 13.8. The molecule has 0 spiro atoms. The van der Waals surface area contributed by atoms with E-state index < -0.39 is 74.6 Å². The molecule has 0 bridgehead atoms. The van der Waals surface area contributed by atoms with Crippen molar-refractivity contribution in [2.24, 2.45) is 0 Å². The van der Waals surface area contributed by atoms with E-state index in [0.29, 0.717) is 5.56 Å². The van der Waals surface area contributed by atoms with Crippen LogP contribution in [0.1, 0.15) is 0 Å². The van der Waals surface area contributed by atoms with Gasteiger partial charge in [-0.15, -0.1) is 0 Å². The lowest BCUT2D eigenvalue weighted by atomic mass is 9.99. The van der Waals surface area contributed by atoms with Crippen molar-refractivity contribution in [2.75, 3.05) is 27.4 Å². The predicted octanol–water partition coefficient (Wildman–Crippen LogP) is -1.54. The molecule has 2 saturated heterocycles. The Morgan fingerprint density at radius 3 is 1.78 bits per heavy atom. The van der Waals surface area contributed by atoms with E-state index in [4.69, 9.17) is 32.8 Å². The number of aromatic hydroxyl groups is 1. The van der Waals surface area contributed by atoms with Crippen LogP contribution in [-0.4, -0.2) is 135 Å². The van der Waals surface area contributed by atoms with Gasteiger partial charge in [-0.2, -0.15) is 0 Å². The van der Waals surface area contributed by atoms with Crippen molar-refractivity contribution in [2.45, 2.75) is 61.4 Å². The molecule has 3 aromatic rings. The van der Waals surface area contributed by atoms with Gasteiger partial charge in [0.15, 0.2) is 11.5 Å². The van der Waals surface area contributed by atoms with Gasteiger partial charge in [-0.25, -0.2) is 4.42 Å². The lowest BCUT2D eigenvalue weighted by Crippen LogP contribution is -2.60. The molecule has 0 unspecified atom stereocenters. The Morgan fingerprint density at radius 1 is 0.667 bits per heavy atom. The van der Waals surface area contributed by atoms with Gasteiger partial charge >= 0.3 is 11.3 Å². The molecule has 16 nitrogen and oxygen atoms in total. The lowest BCUT2D eigenvalue weighted by Gasteiger charge is -2.39. The molecule has 0 amide bonds. The van der Waals surface area contributed by atoms with Crippen LogP contribution in [-0.2, 0) is 9.47 Å². The quantitative estimate of drug-likeness (QED) is 0.120. The zero-order chi connectivity index (χ0) is 32.6. The second kappa shape index (κ2) is 13.4. The number of benzene rings is 2. The first kappa shape index (κ1) is 32.8. The second-order valence-electron chi connectivity index (χ2n) is 10.5. The predicted molar refractivity (Wildman–Crippen MR) is 150 cm³/mol. The summed E-state index contributed by atoms with van der Waals surface area (Å²) in [6.45, 7) is -1.39. The number of aliphatic hydroxyl groups excluding tert-OH is 8. The lowest BCUT2D eigenvalue weighted by molar-refractivity contribution is -0.277. The van der Waals surface area contributed by atoms with Crippen LogP contribution in [0.4, 0.5) is 0 Å². The highest BCUT2D eigenvalue weighted by atomic mass is 16.7. The Kier molecular flexibility index (Phi) is 9.80. The summed E-state index contributed by atoms with van der Waals surface area (Å²) in [5, 5.41) is 91.8. The Morgan fingerprint density at radius 2 is 1.24 bits per heavy atom. The molecule has 10 atom stereocenters. The first-order valence-corrected chi connectivity index (χ1v) is 13.8. The Balaban J connectivity index is 1.64. The number of rotatable bonds is 9. The van der Waals surface area contributed by atoms with E-state index in [0.717, 1.165) is 0 Å². The summed E-state index contributed by atoms with van der Waals surface area (Å²) in [4.78, 5) is 0. The van der Waals surface area contributed by atoms with E-state index in [9.17, 15) is 46.0 Å². The maximum absolute atomic E-state index is 10.7. The Bertz CT molecular complexity index is 1480. The number of methoxy groups -OCH3 is 2. The van der Waals surface area contributed by atoms with Crippen LogP contribution >= 0.6 is 0 Å². The summed E-state index contributed by atoms with van der Waals surface area (Å²) in [6, 6.07) is 8.55. The normalized spacial score (nSPS) is 31.9. The summed E-state index contributed by atoms with van der Waals surface area (Å²) in [5.41, 5.74) is 0.433. The SMILES string of the molecule is COc1cc(O[C@@H]2O[C@@H](CO)[C@@H](O)[C@H](O)[C@H]2O)c2cc(O[C@@H]3O[C@H](CO)[C@@H](O)[C@H](O)[C@H]3O)c(-c3ccc(O)c(OC)c3)[o+]c2c1. The average Bonchev–Trinajstić information content (AvgIpc) is 3.05. The number of phenols is 1. The highest BCUT2D eigenvalue weighted by molar-refractivity contribution is 5.89. The number of aliphatic hydroxyl groups is 8. The molecule has 246 valence electrons. The molecule has 5 rings (SSSR count). The molecule has 45 heavy (non-hydrogen) atoms. The molecule has 2 aliphatic rings. The fourth-order valence-corrected chi connectivity index (χ4v) is 5.06. The summed E-state index contributed by atoms with van der Waals surface area (Å²) < 4.78 is 39.7. The highest BCUT2D eigenvalue weighted by Crippen LogP contribution is 2.43. The first-order chi connectivity index (χ1) is 21.5. The summed E-state index contributed by atoms with van der Waals surface area (Å²) >= 11 is 0. The van der Waals surface area contributed by atoms with E-state index in [1.165, 1.54) is 50.6 Å². The maximum Gasteiger partial charge on any atom is 0.402 e. The third-order valence-electron chi connectivity index (χ3n) is 7.65. The van der Waals surface area contributed by atoms with Crippen LogP contribution < -0.4 is 18.9 Å². The van der Waals surface area contributed by atoms with E-state index >= 15 is 0 Å². The van der Waals surface area contributed by atoms with Gasteiger partial charge in [0.2, 0.25) is 18.3 Å². The van der Waals surface area contributed by atoms with Gasteiger partial charge in [-0.3, -0.25) is 0 Å². The summed E-state index contributed by atoms with van der Waals surface area (Å²) in [7, 11) is 2.72. The molecule has 2 fully saturated rings. The third kappa shape index (κ3) is 6.30. The summed E-state index contributed by atoms with van der Waals surface area (Å²) in [5.74, 6) is -0.0176. The van der Waals surface area contributed by atoms with Crippen molar-refractivity contribution in [3.05, 3.63) is 36.4 Å². The van der Waals surface area contributed by atoms with Gasteiger partial charge in [-0.1, -0.05) is 0 Å². The molecule has 16 heteroatoms. The molecule has 9 N–H and O–H groups in total. The van der Waals surface area contributed by atoms with Gasteiger partial charge in [0.05, 0.1) is 39.1 Å². The molecule has 3 heterocycles. The molecule has 2 aromatic carbocycles. The standard InChI is InChI=1S/C29H34O16/c1-39-12-6-15-13(16(7-12)42-28-25(37)23(35)21(33)19(9-30)44-28)8-18(27(41-15)11-3-4-14(32)17(5-11)40-2)43-29-26(38)24(36)22(34)20(10-31)45-29/h3-8,19-26,28-31,33-38H,9-10H2,1-2H3/p+1/t19-,20+,21+,22+,23-,24-,25+,26+,28+,29+/m0/s1. The smallest absolute Gasteiger partial charge is 0.402 e. The molecule has 1 aromatic heterocycles. The minimum atomic E-state index is -1.78. The van der Waals surface area contributed by atoms with Crippen molar-refractivity contribution in [1.82, 2.24) is 0 Å². The highest BCUT2D eigenvalue weighted by Gasteiger charge is 2.47.